The number of halogens is 1. The Bertz CT molecular complexity index is 1560. The van der Waals surface area contributed by atoms with Crippen LogP contribution in [0.5, 0.6) is 5.75 Å². The highest BCUT2D eigenvalue weighted by atomic mass is 79.9. The van der Waals surface area contributed by atoms with E-state index in [1.54, 1.807) is 37.7 Å². The number of methoxy groups -OCH3 is 1. The van der Waals surface area contributed by atoms with Gasteiger partial charge in [0.1, 0.15) is 11.5 Å². The molecule has 2 aromatic heterocycles. The maximum absolute atomic E-state index is 13.8. The number of hydrogen-bond acceptors (Lipinski definition) is 8. The molecule has 1 aromatic carbocycles. The number of furan rings is 1. The fourth-order valence-corrected chi connectivity index (χ4v) is 6.55. The average Bonchev–Trinajstić information content (AvgIpc) is 3.36. The SMILES string of the molecule is CCOC(=O)C1=C(C)N=c2s/c(=C/c3ccc(N4CCCCCC4)o3)c(=O)n2[C@H]1c1ccc(OC)c(Br)c1. The van der Waals surface area contributed by atoms with Crippen molar-refractivity contribution < 1.29 is 18.7 Å². The Morgan fingerprint density at radius 3 is 2.66 bits per heavy atom. The molecule has 3 aromatic rings. The number of carbonyl (C=O) groups excluding carboxylic acids is 1. The predicted octanol–water partition coefficient (Wildman–Crippen LogP) is 4.54. The highest BCUT2D eigenvalue weighted by molar-refractivity contribution is 9.10. The van der Waals surface area contributed by atoms with Crippen LogP contribution in [0.15, 0.2) is 60.3 Å². The standard InChI is InChI=1S/C28H30BrN3O5S/c1-4-36-27(34)24-17(2)30-28-32(25(24)18-9-11-21(35-3)20(29)15-18)26(33)22(38-28)16-19-10-12-23(37-19)31-13-7-5-6-8-14-31/h9-12,15-16,25H,4-8,13-14H2,1-3H3/b22-16+/t25-/m0/s1. The van der Waals surface area contributed by atoms with Gasteiger partial charge in [-0.15, -0.1) is 0 Å². The summed E-state index contributed by atoms with van der Waals surface area (Å²) in [5.41, 5.74) is 1.36. The molecule has 5 rings (SSSR count). The summed E-state index contributed by atoms with van der Waals surface area (Å²) >= 11 is 4.81. The molecule has 0 radical (unpaired) electrons. The van der Waals surface area contributed by atoms with E-state index >= 15 is 0 Å². The second-order valence-electron chi connectivity index (χ2n) is 9.27. The first-order valence-electron chi connectivity index (χ1n) is 12.8. The van der Waals surface area contributed by atoms with Crippen molar-refractivity contribution in [1.82, 2.24) is 4.57 Å². The molecule has 1 saturated heterocycles. The Balaban J connectivity index is 1.60. The first-order valence-corrected chi connectivity index (χ1v) is 14.4. The predicted molar refractivity (Wildman–Crippen MR) is 150 cm³/mol. The number of allylic oxidation sites excluding steroid dienone is 1. The van der Waals surface area contributed by atoms with Crippen LogP contribution < -0.4 is 24.5 Å². The van der Waals surface area contributed by atoms with Gasteiger partial charge in [-0.25, -0.2) is 9.79 Å². The van der Waals surface area contributed by atoms with Gasteiger partial charge in [-0.2, -0.15) is 0 Å². The summed E-state index contributed by atoms with van der Waals surface area (Å²) in [6, 6.07) is 8.68. The number of ether oxygens (including phenoxy) is 2. The van der Waals surface area contributed by atoms with Crippen LogP contribution in [0, 0.1) is 0 Å². The zero-order chi connectivity index (χ0) is 26.8. The van der Waals surface area contributed by atoms with E-state index in [2.05, 4.69) is 25.8 Å². The third-order valence-electron chi connectivity index (χ3n) is 6.81. The summed E-state index contributed by atoms with van der Waals surface area (Å²) < 4.78 is 19.7. The molecule has 0 bridgehead atoms. The lowest BCUT2D eigenvalue weighted by molar-refractivity contribution is -0.139. The fraction of sp³-hybridized carbons (Fsp3) is 0.393. The Morgan fingerprint density at radius 2 is 1.97 bits per heavy atom. The maximum atomic E-state index is 13.8. The van der Waals surface area contributed by atoms with Crippen LogP contribution in [0.1, 0.15) is 56.9 Å². The summed E-state index contributed by atoms with van der Waals surface area (Å²) in [7, 11) is 1.59. The normalized spacial score (nSPS) is 18.2. The number of anilines is 1. The Morgan fingerprint density at radius 1 is 1.21 bits per heavy atom. The minimum atomic E-state index is -0.695. The van der Waals surface area contributed by atoms with Gasteiger partial charge in [-0.1, -0.05) is 30.2 Å². The van der Waals surface area contributed by atoms with Gasteiger partial charge >= 0.3 is 5.97 Å². The van der Waals surface area contributed by atoms with Gasteiger partial charge in [0.15, 0.2) is 10.7 Å². The second kappa shape index (κ2) is 11.3. The third-order valence-corrected chi connectivity index (χ3v) is 8.41. The molecule has 0 amide bonds. The highest BCUT2D eigenvalue weighted by Crippen LogP contribution is 2.35. The number of nitrogens with zero attached hydrogens (tertiary/aromatic N) is 3. The van der Waals surface area contributed by atoms with Crippen molar-refractivity contribution in [1.29, 1.82) is 0 Å². The molecule has 200 valence electrons. The van der Waals surface area contributed by atoms with E-state index in [4.69, 9.17) is 13.9 Å². The van der Waals surface area contributed by atoms with Crippen molar-refractivity contribution >= 4 is 45.2 Å². The van der Waals surface area contributed by atoms with Crippen LogP contribution in [0.2, 0.25) is 0 Å². The van der Waals surface area contributed by atoms with E-state index in [1.807, 2.05) is 24.3 Å². The monoisotopic (exact) mass is 599 g/mol. The Kier molecular flexibility index (Phi) is 7.90. The second-order valence-corrected chi connectivity index (χ2v) is 11.1. The molecule has 2 aliphatic rings. The molecule has 0 spiro atoms. The molecule has 0 saturated carbocycles. The number of esters is 1. The lowest BCUT2D eigenvalue weighted by Crippen LogP contribution is -2.39. The number of carbonyl (C=O) groups is 1. The number of hydrogen-bond donors (Lipinski definition) is 0. The number of thiazole rings is 1. The van der Waals surface area contributed by atoms with Crippen LogP contribution in [0.4, 0.5) is 5.88 Å². The van der Waals surface area contributed by atoms with Crippen molar-refractivity contribution in [3.63, 3.8) is 0 Å². The smallest absolute Gasteiger partial charge is 0.338 e. The van der Waals surface area contributed by atoms with Crippen molar-refractivity contribution in [2.24, 2.45) is 4.99 Å². The van der Waals surface area contributed by atoms with Crippen molar-refractivity contribution in [2.75, 3.05) is 31.7 Å². The van der Waals surface area contributed by atoms with Crippen molar-refractivity contribution in [3.05, 3.63) is 77.1 Å². The van der Waals surface area contributed by atoms with Gasteiger partial charge in [0.05, 0.1) is 40.0 Å². The van der Waals surface area contributed by atoms with E-state index in [1.165, 1.54) is 24.2 Å². The van der Waals surface area contributed by atoms with Gasteiger partial charge in [0, 0.05) is 25.2 Å². The lowest BCUT2D eigenvalue weighted by atomic mass is 9.96. The van der Waals surface area contributed by atoms with E-state index < -0.39 is 12.0 Å². The Labute approximate surface area is 233 Å². The van der Waals surface area contributed by atoms with Gasteiger partial charge in [0.2, 0.25) is 0 Å². The topological polar surface area (TPSA) is 86.3 Å². The molecule has 0 unspecified atom stereocenters. The minimum absolute atomic E-state index is 0.219. The molecule has 38 heavy (non-hydrogen) atoms. The summed E-state index contributed by atoms with van der Waals surface area (Å²) in [5.74, 6) is 1.59. The molecular formula is C28H30BrN3O5S. The Hall–Kier alpha value is -3.11. The number of aromatic nitrogens is 1. The van der Waals surface area contributed by atoms with E-state index in [-0.39, 0.29) is 12.2 Å². The number of fused-ring (bicyclic) bond motifs is 1. The van der Waals surface area contributed by atoms with Crippen molar-refractivity contribution in [3.8, 4) is 5.75 Å². The van der Waals surface area contributed by atoms with Gasteiger partial charge in [0.25, 0.3) is 5.56 Å². The quantitative estimate of drug-likeness (QED) is 0.387. The van der Waals surface area contributed by atoms with E-state index in [9.17, 15) is 9.59 Å². The molecule has 0 N–H and O–H groups in total. The first kappa shape index (κ1) is 26.5. The summed E-state index contributed by atoms with van der Waals surface area (Å²) in [4.78, 5) is 34.3. The van der Waals surface area contributed by atoms with E-state index in [0.717, 1.165) is 37.4 Å². The summed E-state index contributed by atoms with van der Waals surface area (Å²) in [6.07, 6.45) is 6.54. The summed E-state index contributed by atoms with van der Waals surface area (Å²) in [5, 5.41) is 0. The van der Waals surface area contributed by atoms with Crippen LogP contribution in [0.3, 0.4) is 0 Å². The summed E-state index contributed by atoms with van der Waals surface area (Å²) in [6.45, 7) is 5.70. The molecular weight excluding hydrogens is 570 g/mol. The average molecular weight is 601 g/mol. The number of benzene rings is 1. The van der Waals surface area contributed by atoms with Crippen LogP contribution >= 0.6 is 27.3 Å². The molecule has 8 nitrogen and oxygen atoms in total. The van der Waals surface area contributed by atoms with E-state index in [0.29, 0.717) is 36.6 Å². The molecule has 1 atom stereocenters. The third kappa shape index (κ3) is 5.11. The maximum Gasteiger partial charge on any atom is 0.338 e. The lowest BCUT2D eigenvalue weighted by Gasteiger charge is -2.25. The number of rotatable bonds is 6. The van der Waals surface area contributed by atoms with Crippen molar-refractivity contribution in [2.45, 2.75) is 45.6 Å². The molecule has 0 aliphatic carbocycles. The molecule has 2 aliphatic heterocycles. The molecule has 4 heterocycles. The first-order chi connectivity index (χ1) is 18.4. The zero-order valence-corrected chi connectivity index (χ0v) is 24.1. The largest absolute Gasteiger partial charge is 0.496 e. The van der Waals surface area contributed by atoms with Crippen LogP contribution in [-0.2, 0) is 9.53 Å². The van der Waals surface area contributed by atoms with Gasteiger partial charge in [-0.05, 0) is 66.4 Å². The zero-order valence-electron chi connectivity index (χ0n) is 21.7. The van der Waals surface area contributed by atoms with Crippen LogP contribution in [-0.4, -0.2) is 37.3 Å². The van der Waals surface area contributed by atoms with Gasteiger partial charge < -0.3 is 18.8 Å². The van der Waals surface area contributed by atoms with Gasteiger partial charge in [-0.3, -0.25) is 9.36 Å². The molecule has 10 heteroatoms. The highest BCUT2D eigenvalue weighted by Gasteiger charge is 2.33. The minimum Gasteiger partial charge on any atom is -0.496 e. The molecule has 1 fully saturated rings. The fourth-order valence-electron chi connectivity index (χ4n) is 4.97. The van der Waals surface area contributed by atoms with Crippen LogP contribution in [0.25, 0.3) is 6.08 Å².